The van der Waals surface area contributed by atoms with Crippen molar-refractivity contribution in [3.8, 4) is 10.6 Å². The summed E-state index contributed by atoms with van der Waals surface area (Å²) in [7, 11) is 0. The molecule has 2 aromatic heterocycles. The lowest BCUT2D eigenvalue weighted by atomic mass is 10.3. The first-order valence-electron chi connectivity index (χ1n) is 4.25. The fraction of sp³-hybridized carbons (Fsp3) is 0.100. The molecule has 76 valence electrons. The van der Waals surface area contributed by atoms with E-state index in [9.17, 15) is 4.79 Å². The van der Waals surface area contributed by atoms with Crippen molar-refractivity contribution in [1.82, 2.24) is 9.97 Å². The molecule has 0 unspecified atom stereocenters. The second-order valence-electron chi connectivity index (χ2n) is 2.95. The molecule has 15 heavy (non-hydrogen) atoms. The molecule has 2 heterocycles. The smallest absolute Gasteiger partial charge is 0.169 e. The van der Waals surface area contributed by atoms with Crippen LogP contribution in [0.15, 0.2) is 24.5 Å². The minimum atomic E-state index is 0.0615. The highest BCUT2D eigenvalue weighted by molar-refractivity contribution is 7.17. The maximum atomic E-state index is 11.1. The largest absolute Gasteiger partial charge is 0.294 e. The van der Waals surface area contributed by atoms with Crippen LogP contribution in [0.2, 0.25) is 5.15 Å². The molecule has 0 aliphatic heterocycles. The summed E-state index contributed by atoms with van der Waals surface area (Å²) in [5.41, 5.74) is 0.743. The second kappa shape index (κ2) is 4.08. The first-order chi connectivity index (χ1) is 7.16. The van der Waals surface area contributed by atoms with Gasteiger partial charge in [0.25, 0.3) is 0 Å². The zero-order valence-corrected chi connectivity index (χ0v) is 9.47. The number of hydrogen-bond acceptors (Lipinski definition) is 4. The Hall–Kier alpha value is -1.26. The van der Waals surface area contributed by atoms with E-state index in [1.165, 1.54) is 17.7 Å². The monoisotopic (exact) mass is 238 g/mol. The van der Waals surface area contributed by atoms with E-state index < -0.39 is 0 Å². The highest BCUT2D eigenvalue weighted by atomic mass is 35.5. The molecule has 2 rings (SSSR count). The van der Waals surface area contributed by atoms with Gasteiger partial charge < -0.3 is 0 Å². The number of rotatable bonds is 2. The van der Waals surface area contributed by atoms with Crippen LogP contribution < -0.4 is 0 Å². The lowest BCUT2D eigenvalue weighted by molar-refractivity contribution is 0.102. The number of ketones is 1. The third kappa shape index (κ3) is 2.22. The van der Waals surface area contributed by atoms with Gasteiger partial charge in [0.1, 0.15) is 11.5 Å². The number of nitrogens with zero attached hydrogens (tertiary/aromatic N) is 2. The quantitative estimate of drug-likeness (QED) is 0.597. The predicted molar refractivity (Wildman–Crippen MR) is 60.4 cm³/mol. The van der Waals surface area contributed by atoms with Gasteiger partial charge in [0.05, 0.1) is 15.4 Å². The molecule has 0 aliphatic carbocycles. The molecular weight excluding hydrogens is 232 g/mol. The molecule has 3 nitrogen and oxygen atoms in total. The van der Waals surface area contributed by atoms with E-state index in [4.69, 9.17) is 11.6 Å². The van der Waals surface area contributed by atoms with Crippen molar-refractivity contribution in [3.63, 3.8) is 0 Å². The minimum Gasteiger partial charge on any atom is -0.294 e. The summed E-state index contributed by atoms with van der Waals surface area (Å²) < 4.78 is 0. The Labute approximate surface area is 95.8 Å². The zero-order chi connectivity index (χ0) is 10.8. The molecule has 0 fully saturated rings. The van der Waals surface area contributed by atoms with Crippen LogP contribution >= 0.6 is 22.9 Å². The maximum absolute atomic E-state index is 11.1. The van der Waals surface area contributed by atoms with Crippen LogP contribution in [0.4, 0.5) is 0 Å². The summed E-state index contributed by atoms with van der Waals surface area (Å²) in [6.07, 6.45) is 1.41. The average Bonchev–Trinajstić information content (AvgIpc) is 2.66. The average molecular weight is 239 g/mol. The van der Waals surface area contributed by atoms with Crippen molar-refractivity contribution in [3.05, 3.63) is 34.6 Å². The Bertz CT molecular complexity index is 510. The van der Waals surface area contributed by atoms with Crippen molar-refractivity contribution in [2.24, 2.45) is 0 Å². The van der Waals surface area contributed by atoms with Crippen molar-refractivity contribution in [2.45, 2.75) is 6.92 Å². The van der Waals surface area contributed by atoms with Gasteiger partial charge >= 0.3 is 0 Å². The Balaban J connectivity index is 2.41. The van der Waals surface area contributed by atoms with Gasteiger partial charge in [-0.15, -0.1) is 11.3 Å². The van der Waals surface area contributed by atoms with Crippen LogP contribution in [-0.4, -0.2) is 15.8 Å². The highest BCUT2D eigenvalue weighted by Crippen LogP contribution is 2.27. The van der Waals surface area contributed by atoms with E-state index in [0.717, 1.165) is 15.4 Å². The van der Waals surface area contributed by atoms with Gasteiger partial charge in [0.2, 0.25) is 0 Å². The fourth-order valence-corrected chi connectivity index (χ4v) is 2.15. The molecule has 0 bridgehead atoms. The summed E-state index contributed by atoms with van der Waals surface area (Å²) in [5, 5.41) is 0.401. The third-order valence-electron chi connectivity index (χ3n) is 1.84. The number of Topliss-reactive ketones (excluding diaryl/α,β-unsaturated/α-hetero) is 1. The lowest BCUT2D eigenvalue weighted by Crippen LogP contribution is -1.84. The topological polar surface area (TPSA) is 42.9 Å². The predicted octanol–water partition coefficient (Wildman–Crippen LogP) is 3.06. The Morgan fingerprint density at radius 2 is 2.20 bits per heavy atom. The van der Waals surface area contributed by atoms with Crippen molar-refractivity contribution < 1.29 is 4.79 Å². The number of carbonyl (C=O) groups excluding carboxylic acids is 1. The van der Waals surface area contributed by atoms with E-state index in [1.807, 2.05) is 6.07 Å². The van der Waals surface area contributed by atoms with Crippen LogP contribution in [0.25, 0.3) is 10.6 Å². The first kappa shape index (κ1) is 10.3. The molecule has 0 aromatic carbocycles. The van der Waals surface area contributed by atoms with E-state index in [-0.39, 0.29) is 5.78 Å². The van der Waals surface area contributed by atoms with E-state index in [0.29, 0.717) is 5.15 Å². The van der Waals surface area contributed by atoms with Gasteiger partial charge in [-0.1, -0.05) is 11.6 Å². The molecule has 0 spiro atoms. The number of carbonyl (C=O) groups is 1. The highest BCUT2D eigenvalue weighted by Gasteiger charge is 2.07. The van der Waals surface area contributed by atoms with Crippen LogP contribution in [-0.2, 0) is 0 Å². The molecule has 0 amide bonds. The maximum Gasteiger partial charge on any atom is 0.169 e. The molecule has 0 saturated heterocycles. The zero-order valence-electron chi connectivity index (χ0n) is 7.90. The SMILES string of the molecule is CC(=O)c1ccc(-c2cc(Cl)ncn2)s1. The molecule has 0 aliphatic rings. The van der Waals surface area contributed by atoms with Gasteiger partial charge in [0.15, 0.2) is 5.78 Å². The summed E-state index contributed by atoms with van der Waals surface area (Å²) in [5.74, 6) is 0.0615. The fourth-order valence-electron chi connectivity index (χ4n) is 1.13. The van der Waals surface area contributed by atoms with E-state index in [1.54, 1.807) is 19.1 Å². The van der Waals surface area contributed by atoms with E-state index >= 15 is 0 Å². The standard InChI is InChI=1S/C10H7ClN2OS/c1-6(14)8-2-3-9(15-8)7-4-10(11)13-5-12-7/h2-5H,1H3. The molecule has 0 N–H and O–H groups in total. The van der Waals surface area contributed by atoms with Crippen LogP contribution in [0.3, 0.4) is 0 Å². The van der Waals surface area contributed by atoms with E-state index in [2.05, 4.69) is 9.97 Å². The van der Waals surface area contributed by atoms with Gasteiger partial charge in [-0.05, 0) is 19.1 Å². The Morgan fingerprint density at radius 1 is 1.40 bits per heavy atom. The molecule has 2 aromatic rings. The molecule has 0 atom stereocenters. The van der Waals surface area contributed by atoms with Gasteiger partial charge in [0, 0.05) is 6.07 Å². The van der Waals surface area contributed by atoms with Gasteiger partial charge in [-0.25, -0.2) is 9.97 Å². The Kier molecular flexibility index (Phi) is 2.79. The normalized spacial score (nSPS) is 10.3. The van der Waals surface area contributed by atoms with Crippen LogP contribution in [0.1, 0.15) is 16.6 Å². The lowest BCUT2D eigenvalue weighted by Gasteiger charge is -1.95. The number of hydrogen-bond donors (Lipinski definition) is 0. The van der Waals surface area contributed by atoms with Crippen molar-refractivity contribution >= 4 is 28.7 Å². The van der Waals surface area contributed by atoms with Gasteiger partial charge in [-0.3, -0.25) is 4.79 Å². The minimum absolute atomic E-state index is 0.0615. The number of aromatic nitrogens is 2. The summed E-state index contributed by atoms with van der Waals surface area (Å²) in [4.78, 5) is 20.6. The summed E-state index contributed by atoms with van der Waals surface area (Å²) >= 11 is 7.15. The molecule has 5 heteroatoms. The molecular formula is C10H7ClN2OS. The Morgan fingerprint density at radius 3 is 2.80 bits per heavy atom. The van der Waals surface area contributed by atoms with Crippen LogP contribution in [0.5, 0.6) is 0 Å². The second-order valence-corrected chi connectivity index (χ2v) is 4.42. The number of thiophene rings is 1. The van der Waals surface area contributed by atoms with Gasteiger partial charge in [-0.2, -0.15) is 0 Å². The van der Waals surface area contributed by atoms with Crippen molar-refractivity contribution in [2.75, 3.05) is 0 Å². The van der Waals surface area contributed by atoms with Crippen molar-refractivity contribution in [1.29, 1.82) is 0 Å². The van der Waals surface area contributed by atoms with Crippen LogP contribution in [0, 0.1) is 0 Å². The third-order valence-corrected chi connectivity index (χ3v) is 3.25. The first-order valence-corrected chi connectivity index (χ1v) is 5.45. The summed E-state index contributed by atoms with van der Waals surface area (Å²) in [6, 6.07) is 5.33. The molecule has 0 saturated carbocycles. The number of halogens is 1. The molecule has 0 radical (unpaired) electrons. The summed E-state index contributed by atoms with van der Waals surface area (Å²) in [6.45, 7) is 1.54.